The molecule has 2 amide bonds. The highest BCUT2D eigenvalue weighted by Crippen LogP contribution is 2.51. The van der Waals surface area contributed by atoms with Crippen molar-refractivity contribution in [3.8, 4) is 0 Å². The van der Waals surface area contributed by atoms with Crippen LogP contribution in [0.2, 0.25) is 0 Å². The molecule has 0 aromatic rings. The van der Waals surface area contributed by atoms with Crippen LogP contribution in [0.5, 0.6) is 0 Å². The third-order valence-corrected chi connectivity index (χ3v) is 6.24. The van der Waals surface area contributed by atoms with E-state index >= 15 is 0 Å². The normalized spacial score (nSPS) is 31.9. The summed E-state index contributed by atoms with van der Waals surface area (Å²) in [7, 11) is 2.12. The molecule has 3 aliphatic rings. The molecular formula is C17H29N3O3. The van der Waals surface area contributed by atoms with Crippen LogP contribution in [0.4, 0.5) is 0 Å². The van der Waals surface area contributed by atoms with Crippen molar-refractivity contribution in [1.29, 1.82) is 0 Å². The number of carbonyl (C=O) groups excluding carboxylic acids is 2. The van der Waals surface area contributed by atoms with Crippen LogP contribution in [0.1, 0.15) is 39.0 Å². The van der Waals surface area contributed by atoms with Gasteiger partial charge in [0.05, 0.1) is 18.7 Å². The minimum atomic E-state index is -0.788. The first kappa shape index (κ1) is 16.7. The Labute approximate surface area is 138 Å². The molecule has 2 saturated heterocycles. The summed E-state index contributed by atoms with van der Waals surface area (Å²) in [6, 6.07) is 0. The second-order valence-corrected chi connectivity index (χ2v) is 7.76. The van der Waals surface area contributed by atoms with Crippen molar-refractivity contribution in [1.82, 2.24) is 14.7 Å². The molecule has 3 fully saturated rings. The summed E-state index contributed by atoms with van der Waals surface area (Å²) in [6.45, 7) is 4.98. The maximum absolute atomic E-state index is 12.4. The number of amides is 2. The molecule has 2 heterocycles. The van der Waals surface area contributed by atoms with Crippen LogP contribution >= 0.6 is 0 Å². The lowest BCUT2D eigenvalue weighted by atomic mass is 9.65. The monoisotopic (exact) mass is 323 g/mol. The third kappa shape index (κ3) is 2.98. The standard InChI is InChI=1S/C17H29N3O3/c1-14(21)19-9-10-20(15(22)11-19)13-17(23)7-8-18(2)12-16(17)5-3-4-6-16/h23H,3-13H2,1-2H3. The van der Waals surface area contributed by atoms with Gasteiger partial charge in [-0.3, -0.25) is 9.59 Å². The number of β-amino-alcohol motifs (C(OH)–C–C–N with tert-alkyl or cyclic N) is 1. The van der Waals surface area contributed by atoms with Gasteiger partial charge >= 0.3 is 0 Å². The summed E-state index contributed by atoms with van der Waals surface area (Å²) < 4.78 is 0. The number of piperazine rings is 1. The maximum atomic E-state index is 12.4. The van der Waals surface area contributed by atoms with Gasteiger partial charge in [-0.15, -0.1) is 0 Å². The molecule has 0 bridgehead atoms. The van der Waals surface area contributed by atoms with E-state index in [1.54, 1.807) is 9.80 Å². The van der Waals surface area contributed by atoms with Gasteiger partial charge in [-0.2, -0.15) is 0 Å². The van der Waals surface area contributed by atoms with Crippen LogP contribution in [0.25, 0.3) is 0 Å². The lowest BCUT2D eigenvalue weighted by Crippen LogP contribution is -2.65. The van der Waals surface area contributed by atoms with Crippen molar-refractivity contribution in [2.75, 3.05) is 46.3 Å². The van der Waals surface area contributed by atoms with Crippen molar-refractivity contribution in [3.63, 3.8) is 0 Å². The number of nitrogens with zero attached hydrogens (tertiary/aromatic N) is 3. The molecule has 1 N–H and O–H groups in total. The highest BCUT2D eigenvalue weighted by atomic mass is 16.3. The van der Waals surface area contributed by atoms with E-state index in [0.717, 1.165) is 32.4 Å². The fraction of sp³-hybridized carbons (Fsp3) is 0.882. The topological polar surface area (TPSA) is 64.1 Å². The Hall–Kier alpha value is -1.14. The zero-order valence-electron chi connectivity index (χ0n) is 14.4. The zero-order chi connectivity index (χ0) is 16.7. The van der Waals surface area contributed by atoms with Crippen molar-refractivity contribution < 1.29 is 14.7 Å². The predicted octanol–water partition coefficient (Wildman–Crippen LogP) is 0.304. The first-order valence-electron chi connectivity index (χ1n) is 8.79. The van der Waals surface area contributed by atoms with Gasteiger partial charge in [0.25, 0.3) is 0 Å². The zero-order valence-corrected chi connectivity index (χ0v) is 14.4. The molecular weight excluding hydrogens is 294 g/mol. The highest BCUT2D eigenvalue weighted by molar-refractivity contribution is 5.85. The molecule has 1 aliphatic carbocycles. The summed E-state index contributed by atoms with van der Waals surface area (Å²) >= 11 is 0. The van der Waals surface area contributed by atoms with E-state index in [4.69, 9.17) is 0 Å². The van der Waals surface area contributed by atoms with Crippen LogP contribution < -0.4 is 0 Å². The molecule has 1 saturated carbocycles. The van der Waals surface area contributed by atoms with E-state index < -0.39 is 5.60 Å². The fourth-order valence-electron chi connectivity index (χ4n) is 4.77. The SMILES string of the molecule is CC(=O)N1CCN(CC2(O)CCN(C)CC23CCCC3)C(=O)C1. The fourth-order valence-corrected chi connectivity index (χ4v) is 4.77. The predicted molar refractivity (Wildman–Crippen MR) is 86.8 cm³/mol. The second-order valence-electron chi connectivity index (χ2n) is 7.76. The van der Waals surface area contributed by atoms with Crippen LogP contribution in [-0.4, -0.2) is 83.5 Å². The first-order chi connectivity index (χ1) is 10.9. The molecule has 6 nitrogen and oxygen atoms in total. The Morgan fingerprint density at radius 2 is 1.87 bits per heavy atom. The quantitative estimate of drug-likeness (QED) is 0.794. The lowest BCUT2D eigenvalue weighted by Gasteiger charge is -2.53. The smallest absolute Gasteiger partial charge is 0.242 e. The van der Waals surface area contributed by atoms with Crippen LogP contribution in [0.3, 0.4) is 0 Å². The molecule has 1 spiro atoms. The molecule has 3 rings (SSSR count). The van der Waals surface area contributed by atoms with Gasteiger partial charge in [0.15, 0.2) is 0 Å². The molecule has 1 unspecified atom stereocenters. The number of likely N-dealkylation sites (tertiary alicyclic amines) is 1. The van der Waals surface area contributed by atoms with E-state index in [0.29, 0.717) is 19.6 Å². The molecule has 130 valence electrons. The average Bonchev–Trinajstić information content (AvgIpc) is 2.96. The Kier molecular flexibility index (Phi) is 4.40. The van der Waals surface area contributed by atoms with E-state index in [1.165, 1.54) is 19.8 Å². The summed E-state index contributed by atoms with van der Waals surface area (Å²) in [6.07, 6.45) is 5.17. The van der Waals surface area contributed by atoms with Gasteiger partial charge in [-0.05, 0) is 26.3 Å². The van der Waals surface area contributed by atoms with E-state index in [1.807, 2.05) is 0 Å². The van der Waals surface area contributed by atoms with Gasteiger partial charge in [-0.25, -0.2) is 0 Å². The van der Waals surface area contributed by atoms with Crippen molar-refractivity contribution in [2.24, 2.45) is 5.41 Å². The van der Waals surface area contributed by atoms with E-state index in [9.17, 15) is 14.7 Å². The van der Waals surface area contributed by atoms with Gasteiger partial charge in [0, 0.05) is 38.5 Å². The van der Waals surface area contributed by atoms with Crippen molar-refractivity contribution in [3.05, 3.63) is 0 Å². The summed E-state index contributed by atoms with van der Waals surface area (Å²) in [5.41, 5.74) is -0.859. The van der Waals surface area contributed by atoms with Crippen molar-refractivity contribution >= 4 is 11.8 Å². The summed E-state index contributed by atoms with van der Waals surface area (Å²) in [5, 5.41) is 11.5. The maximum Gasteiger partial charge on any atom is 0.242 e. The van der Waals surface area contributed by atoms with Gasteiger partial charge in [-0.1, -0.05) is 12.8 Å². The summed E-state index contributed by atoms with van der Waals surface area (Å²) in [5.74, 6) is -0.0878. The molecule has 0 radical (unpaired) electrons. The Balaban J connectivity index is 1.73. The number of hydrogen-bond acceptors (Lipinski definition) is 4. The second kappa shape index (κ2) is 6.06. The first-order valence-corrected chi connectivity index (χ1v) is 8.79. The average molecular weight is 323 g/mol. The van der Waals surface area contributed by atoms with Gasteiger partial charge < -0.3 is 19.8 Å². The van der Waals surface area contributed by atoms with Crippen LogP contribution in [0.15, 0.2) is 0 Å². The highest BCUT2D eigenvalue weighted by Gasteiger charge is 2.55. The number of aliphatic hydroxyl groups is 1. The van der Waals surface area contributed by atoms with Gasteiger partial charge in [0.1, 0.15) is 0 Å². The lowest BCUT2D eigenvalue weighted by molar-refractivity contribution is -0.163. The van der Waals surface area contributed by atoms with E-state index in [2.05, 4.69) is 11.9 Å². The Bertz CT molecular complexity index is 489. The molecule has 0 aromatic heterocycles. The molecule has 0 aromatic carbocycles. The number of hydrogen-bond donors (Lipinski definition) is 1. The molecule has 2 aliphatic heterocycles. The Morgan fingerprint density at radius 3 is 2.48 bits per heavy atom. The number of rotatable bonds is 2. The number of carbonyl (C=O) groups is 2. The largest absolute Gasteiger partial charge is 0.387 e. The van der Waals surface area contributed by atoms with Crippen molar-refractivity contribution in [2.45, 2.75) is 44.6 Å². The minimum Gasteiger partial charge on any atom is -0.387 e. The minimum absolute atomic E-state index is 0.0352. The molecule has 6 heteroatoms. The van der Waals surface area contributed by atoms with Gasteiger partial charge in [0.2, 0.25) is 11.8 Å². The number of piperidine rings is 1. The third-order valence-electron chi connectivity index (χ3n) is 6.24. The summed E-state index contributed by atoms with van der Waals surface area (Å²) in [4.78, 5) is 29.5. The van der Waals surface area contributed by atoms with Crippen LogP contribution in [-0.2, 0) is 9.59 Å². The molecule has 1 atom stereocenters. The van der Waals surface area contributed by atoms with E-state index in [-0.39, 0.29) is 23.8 Å². The van der Waals surface area contributed by atoms with Crippen LogP contribution in [0, 0.1) is 5.41 Å². The Morgan fingerprint density at radius 1 is 1.17 bits per heavy atom. The molecule has 23 heavy (non-hydrogen) atoms.